The lowest BCUT2D eigenvalue weighted by Gasteiger charge is -2.20. The van der Waals surface area contributed by atoms with E-state index in [9.17, 15) is 4.79 Å². The Morgan fingerprint density at radius 2 is 1.90 bits per heavy atom. The van der Waals surface area contributed by atoms with Gasteiger partial charge in [-0.05, 0) is 49.6 Å². The Morgan fingerprint density at radius 1 is 1.13 bits per heavy atom. The maximum absolute atomic E-state index is 10.8. The number of fused-ring (bicyclic) bond motifs is 2. The molecule has 4 rings (SSSR count). The van der Waals surface area contributed by atoms with Crippen LogP contribution in [0.4, 0.5) is 5.69 Å². The van der Waals surface area contributed by atoms with Crippen LogP contribution < -0.4 is 9.47 Å². The minimum atomic E-state index is -0.725. The fraction of sp³-hybridized carbons (Fsp3) is 0.250. The van der Waals surface area contributed by atoms with E-state index < -0.39 is 5.97 Å². The van der Waals surface area contributed by atoms with Crippen molar-refractivity contribution in [1.82, 2.24) is 0 Å². The van der Waals surface area contributed by atoms with Crippen LogP contribution in [0.1, 0.15) is 31.2 Å². The van der Waals surface area contributed by atoms with E-state index >= 15 is 0 Å². The van der Waals surface area contributed by atoms with Gasteiger partial charge in [0.25, 0.3) is 5.01 Å². The van der Waals surface area contributed by atoms with Crippen molar-refractivity contribution in [2.45, 2.75) is 31.1 Å². The molecule has 154 valence electrons. The third-order valence-corrected chi connectivity index (χ3v) is 7.41. The molecule has 1 aromatic heterocycles. The summed E-state index contributed by atoms with van der Waals surface area (Å²) in [4.78, 5) is 14.4. The summed E-state index contributed by atoms with van der Waals surface area (Å²) in [6.45, 7) is 2.97. The van der Waals surface area contributed by atoms with Gasteiger partial charge in [-0.2, -0.15) is 4.57 Å². The quantitative estimate of drug-likeness (QED) is 0.373. The molecule has 0 saturated carbocycles. The molecule has 0 amide bonds. The Hall–Kier alpha value is -2.57. The van der Waals surface area contributed by atoms with E-state index in [1.165, 1.54) is 36.4 Å². The van der Waals surface area contributed by atoms with Gasteiger partial charge in [0.15, 0.2) is 0 Å². The van der Waals surface area contributed by atoms with E-state index in [0.717, 1.165) is 13.0 Å². The number of thioether (sulfide) groups is 1. The van der Waals surface area contributed by atoms with Gasteiger partial charge in [-0.3, -0.25) is 4.79 Å². The predicted octanol–water partition coefficient (Wildman–Crippen LogP) is 5.84. The van der Waals surface area contributed by atoms with Crippen LogP contribution in [0.3, 0.4) is 0 Å². The second-order valence-electron chi connectivity index (χ2n) is 7.41. The van der Waals surface area contributed by atoms with Crippen LogP contribution in [-0.4, -0.2) is 17.6 Å². The molecule has 3 aromatic rings. The highest BCUT2D eigenvalue weighted by atomic mass is 32.2. The Balaban J connectivity index is 1.59. The minimum absolute atomic E-state index is 0.225. The van der Waals surface area contributed by atoms with Crippen molar-refractivity contribution in [1.29, 1.82) is 0 Å². The van der Waals surface area contributed by atoms with Gasteiger partial charge in [0.1, 0.15) is 11.7 Å². The number of anilines is 1. The number of nitrogens with zero attached hydrogens (tertiary/aromatic N) is 2. The summed E-state index contributed by atoms with van der Waals surface area (Å²) in [5.41, 5.74) is 3.66. The highest BCUT2D eigenvalue weighted by Gasteiger charge is 2.24. The zero-order valence-electron chi connectivity index (χ0n) is 17.2. The summed E-state index contributed by atoms with van der Waals surface area (Å²) in [6, 6.07) is 16.9. The summed E-state index contributed by atoms with van der Waals surface area (Å²) in [5, 5.41) is 11.3. The number of carbonyl (C=O) groups is 1. The Bertz CT molecular complexity index is 1150. The molecule has 2 heterocycles. The van der Waals surface area contributed by atoms with E-state index in [1.54, 1.807) is 23.1 Å². The number of aryl methyl sites for hydroxylation is 1. The molecule has 0 spiro atoms. The van der Waals surface area contributed by atoms with Crippen molar-refractivity contribution in [3.63, 3.8) is 0 Å². The van der Waals surface area contributed by atoms with Gasteiger partial charge >= 0.3 is 5.97 Å². The van der Waals surface area contributed by atoms with Crippen LogP contribution in [0.5, 0.6) is 0 Å². The molecular weight excluding hydrogens is 412 g/mol. The van der Waals surface area contributed by atoms with E-state index in [-0.39, 0.29) is 6.42 Å². The second kappa shape index (κ2) is 9.06. The molecule has 1 aliphatic rings. The molecule has 0 atom stereocenters. The van der Waals surface area contributed by atoms with E-state index in [4.69, 9.17) is 5.11 Å². The number of thiazole rings is 1. The van der Waals surface area contributed by atoms with E-state index in [1.807, 2.05) is 0 Å². The maximum Gasteiger partial charge on any atom is 0.303 e. The molecule has 1 aliphatic heterocycles. The zero-order valence-corrected chi connectivity index (χ0v) is 18.8. The molecule has 30 heavy (non-hydrogen) atoms. The molecule has 0 fully saturated rings. The first-order chi connectivity index (χ1) is 14.5. The lowest BCUT2D eigenvalue weighted by atomic mass is 10.2. The first-order valence-electron chi connectivity index (χ1n) is 10.1. The smallest absolute Gasteiger partial charge is 0.303 e. The molecule has 0 radical (unpaired) electrons. The largest absolute Gasteiger partial charge is 0.481 e. The molecule has 0 aliphatic carbocycles. The Morgan fingerprint density at radius 3 is 2.70 bits per heavy atom. The third kappa shape index (κ3) is 4.45. The molecule has 0 saturated heterocycles. The van der Waals surface area contributed by atoms with Crippen LogP contribution in [0, 0.1) is 0 Å². The molecule has 0 unspecified atom stereocenters. The number of rotatable bonds is 7. The van der Waals surface area contributed by atoms with Gasteiger partial charge in [0, 0.05) is 30.0 Å². The second-order valence-corrected chi connectivity index (χ2v) is 9.53. The normalized spacial score (nSPS) is 15.2. The topological polar surface area (TPSA) is 44.4 Å². The molecular formula is C24H25N2O2S2+. The third-order valence-electron chi connectivity index (χ3n) is 5.13. The monoisotopic (exact) mass is 437 g/mol. The van der Waals surface area contributed by atoms with Crippen molar-refractivity contribution >= 4 is 51.0 Å². The number of carboxylic acid groups (broad SMARTS) is 1. The average Bonchev–Trinajstić information content (AvgIpc) is 3.22. The molecule has 1 N–H and O–H groups in total. The predicted molar refractivity (Wildman–Crippen MR) is 126 cm³/mol. The number of allylic oxidation sites excluding steroid dienone is 2. The fourth-order valence-corrected chi connectivity index (χ4v) is 5.98. The number of carboxylic acids is 1. The van der Waals surface area contributed by atoms with Crippen LogP contribution in [0.2, 0.25) is 0 Å². The summed E-state index contributed by atoms with van der Waals surface area (Å²) >= 11 is 3.58. The van der Waals surface area contributed by atoms with Gasteiger partial charge in [-0.1, -0.05) is 47.4 Å². The molecule has 0 bridgehead atoms. The average molecular weight is 438 g/mol. The van der Waals surface area contributed by atoms with Crippen LogP contribution in [0.15, 0.2) is 70.1 Å². The van der Waals surface area contributed by atoms with Crippen LogP contribution in [0.25, 0.3) is 16.3 Å². The van der Waals surface area contributed by atoms with Gasteiger partial charge < -0.3 is 10.0 Å². The highest BCUT2D eigenvalue weighted by molar-refractivity contribution is 8.03. The number of hydrogen-bond acceptors (Lipinski definition) is 4. The maximum atomic E-state index is 10.8. The molecule has 6 heteroatoms. The number of hydrogen-bond donors (Lipinski definition) is 1. The summed E-state index contributed by atoms with van der Waals surface area (Å²) < 4.78 is 3.52. The zero-order chi connectivity index (χ0) is 21.1. The Labute approximate surface area is 185 Å². The van der Waals surface area contributed by atoms with Crippen molar-refractivity contribution < 1.29 is 14.5 Å². The highest BCUT2D eigenvalue weighted by Crippen LogP contribution is 2.46. The minimum Gasteiger partial charge on any atom is -0.481 e. The SMILES string of the molecule is CC(=Cc1sc2ccccc2[n+]1C)C=C1Sc2ccccc2N1CCCCC(=O)O. The van der Waals surface area contributed by atoms with Crippen molar-refractivity contribution in [3.05, 3.63) is 70.2 Å². The standard InChI is InChI=1S/C24H24N2O2S2/c1-17(15-22-25(2)18-9-3-5-11-20(18)29-22)16-23-26(14-8-7-13-24(27)28)19-10-4-6-12-21(19)30-23/h3-6,9-12,15-16H,7-8,13-14H2,1-2H3/p+1. The summed E-state index contributed by atoms with van der Waals surface area (Å²) in [5.74, 6) is -0.725. The Kier molecular flexibility index (Phi) is 6.25. The van der Waals surface area contributed by atoms with Crippen LogP contribution >= 0.6 is 23.1 Å². The number of para-hydroxylation sites is 2. The number of aromatic nitrogens is 1. The van der Waals surface area contributed by atoms with Crippen molar-refractivity contribution in [3.8, 4) is 0 Å². The molecule has 4 nitrogen and oxygen atoms in total. The first-order valence-corrected chi connectivity index (χ1v) is 11.7. The number of aliphatic carboxylic acids is 1. The van der Waals surface area contributed by atoms with Gasteiger partial charge in [0.2, 0.25) is 5.52 Å². The molecule has 2 aromatic carbocycles. The fourth-order valence-electron chi connectivity index (χ4n) is 3.61. The van der Waals surface area contributed by atoms with E-state index in [0.29, 0.717) is 6.42 Å². The van der Waals surface area contributed by atoms with Crippen molar-refractivity contribution in [2.24, 2.45) is 7.05 Å². The summed E-state index contributed by atoms with van der Waals surface area (Å²) in [7, 11) is 2.11. The van der Waals surface area contributed by atoms with E-state index in [2.05, 4.69) is 84.1 Å². The first kappa shape index (κ1) is 20.7. The summed E-state index contributed by atoms with van der Waals surface area (Å²) in [6.07, 6.45) is 6.25. The lowest BCUT2D eigenvalue weighted by Crippen LogP contribution is -2.28. The van der Waals surface area contributed by atoms with Gasteiger partial charge in [0.05, 0.1) is 10.7 Å². The van der Waals surface area contributed by atoms with Gasteiger partial charge in [-0.15, -0.1) is 0 Å². The van der Waals surface area contributed by atoms with Crippen LogP contribution in [-0.2, 0) is 11.8 Å². The number of benzene rings is 2. The van der Waals surface area contributed by atoms with Gasteiger partial charge in [-0.25, -0.2) is 0 Å². The number of unbranched alkanes of at least 4 members (excludes halogenated alkanes) is 1. The lowest BCUT2D eigenvalue weighted by molar-refractivity contribution is -0.642. The van der Waals surface area contributed by atoms with Crippen molar-refractivity contribution in [2.75, 3.05) is 11.4 Å².